The van der Waals surface area contributed by atoms with Gasteiger partial charge in [-0.3, -0.25) is 14.5 Å². The fourth-order valence-electron chi connectivity index (χ4n) is 2.07. The molecule has 0 spiro atoms. The summed E-state index contributed by atoms with van der Waals surface area (Å²) in [6.07, 6.45) is 0.506. The fraction of sp³-hybridized carbons (Fsp3) is 0.467. The van der Waals surface area contributed by atoms with Crippen LogP contribution in [0.3, 0.4) is 0 Å². The maximum Gasteiger partial charge on any atom is 0.229 e. The maximum atomic E-state index is 12.2. The van der Waals surface area contributed by atoms with Gasteiger partial charge in [-0.15, -0.1) is 0 Å². The number of carbonyl (C=O) groups is 2. The van der Waals surface area contributed by atoms with Crippen LogP contribution in [0, 0.1) is 0 Å². The number of piperidine rings is 1. The number of nitrogens with zero attached hydrogens (tertiary/aromatic N) is 1. The number of hydrogen-bond donors (Lipinski definition) is 0. The van der Waals surface area contributed by atoms with E-state index >= 15 is 0 Å². The molecule has 1 fully saturated rings. The van der Waals surface area contributed by atoms with Crippen molar-refractivity contribution < 1.29 is 12.3 Å². The van der Waals surface area contributed by atoms with Gasteiger partial charge in [0.05, 0.1) is 0 Å². The Morgan fingerprint density at radius 2 is 2.06 bits per heavy atom. The van der Waals surface area contributed by atoms with Crippen molar-refractivity contribution in [3.8, 4) is 0 Å². The molecule has 18 heavy (non-hydrogen) atoms. The van der Waals surface area contributed by atoms with Crippen molar-refractivity contribution in [1.82, 2.24) is 4.90 Å². The Balaban J connectivity index is 1.98. The highest BCUT2D eigenvalue weighted by molar-refractivity contribution is 5.95. The molecule has 3 heteroatoms. The highest BCUT2D eigenvalue weighted by Gasteiger charge is 2.23. The minimum absolute atomic E-state index is 0.0969. The van der Waals surface area contributed by atoms with Crippen molar-refractivity contribution in [1.29, 1.82) is 0 Å². The van der Waals surface area contributed by atoms with E-state index < -0.39 is 12.3 Å². The molecule has 0 bridgehead atoms. The van der Waals surface area contributed by atoms with Gasteiger partial charge in [0.2, 0.25) is 11.8 Å². The molecular formula is C15H19NO2. The first-order valence-electron chi connectivity index (χ1n) is 7.39. The first-order valence-corrected chi connectivity index (χ1v) is 6.39. The molecule has 96 valence electrons. The zero-order chi connectivity index (χ0) is 14.6. The second-order valence-corrected chi connectivity index (χ2v) is 4.47. The molecule has 2 rings (SSSR count). The van der Waals surface area contributed by atoms with Gasteiger partial charge < -0.3 is 0 Å². The average molecular weight is 247 g/mol. The standard InChI is InChI=1S/C15H19NO2/c17-14-10-4-5-12-16(14)15(18)11-6-9-13-7-2-1-3-8-13/h1-3,7-8H,4-6,9-12H2/i11D2. The largest absolute Gasteiger partial charge is 0.283 e. The van der Waals surface area contributed by atoms with Crippen LogP contribution in [0.2, 0.25) is 0 Å². The Morgan fingerprint density at radius 1 is 1.28 bits per heavy atom. The molecule has 3 nitrogen and oxygen atoms in total. The summed E-state index contributed by atoms with van der Waals surface area (Å²) in [6.45, 7) is 0.350. The number of hydrogen-bond acceptors (Lipinski definition) is 2. The zero-order valence-corrected chi connectivity index (χ0v) is 10.4. The highest BCUT2D eigenvalue weighted by atomic mass is 16.2. The molecule has 1 saturated heterocycles. The molecule has 1 aliphatic rings. The molecular weight excluding hydrogens is 226 g/mol. The first-order chi connectivity index (χ1) is 9.50. The van der Waals surface area contributed by atoms with E-state index in [4.69, 9.17) is 2.74 Å². The van der Waals surface area contributed by atoms with Gasteiger partial charge in [0, 0.05) is 22.1 Å². The Hall–Kier alpha value is -1.64. The summed E-state index contributed by atoms with van der Waals surface area (Å²) in [4.78, 5) is 25.0. The number of likely N-dealkylation sites (tertiary alicyclic amines) is 1. The van der Waals surface area contributed by atoms with Crippen molar-refractivity contribution in [2.75, 3.05) is 6.54 Å². The van der Waals surface area contributed by atoms with Gasteiger partial charge in [-0.1, -0.05) is 30.3 Å². The van der Waals surface area contributed by atoms with Crippen molar-refractivity contribution in [3.05, 3.63) is 35.9 Å². The van der Waals surface area contributed by atoms with E-state index in [1.807, 2.05) is 30.3 Å². The third-order valence-electron chi connectivity index (χ3n) is 3.10. The van der Waals surface area contributed by atoms with Gasteiger partial charge in [-0.25, -0.2) is 0 Å². The predicted octanol–water partition coefficient (Wildman–Crippen LogP) is 2.55. The molecule has 0 N–H and O–H groups in total. The number of benzene rings is 1. The lowest BCUT2D eigenvalue weighted by molar-refractivity contribution is -0.146. The number of amides is 2. The van der Waals surface area contributed by atoms with Crippen molar-refractivity contribution in [2.24, 2.45) is 0 Å². The third kappa shape index (κ3) is 3.42. The molecule has 2 amide bonds. The van der Waals surface area contributed by atoms with Gasteiger partial charge in [0.25, 0.3) is 0 Å². The van der Waals surface area contributed by atoms with E-state index in [0.29, 0.717) is 19.4 Å². The lowest BCUT2D eigenvalue weighted by Crippen LogP contribution is -2.40. The van der Waals surface area contributed by atoms with Gasteiger partial charge in [0.15, 0.2) is 0 Å². The minimum Gasteiger partial charge on any atom is -0.283 e. The number of aryl methyl sites for hydroxylation is 1. The van der Waals surface area contributed by atoms with Crippen molar-refractivity contribution >= 4 is 11.8 Å². The van der Waals surface area contributed by atoms with Gasteiger partial charge >= 0.3 is 0 Å². The van der Waals surface area contributed by atoms with E-state index in [1.165, 1.54) is 0 Å². The zero-order valence-electron chi connectivity index (χ0n) is 12.4. The van der Waals surface area contributed by atoms with E-state index in [1.54, 1.807) is 0 Å². The summed E-state index contributed by atoms with van der Waals surface area (Å²) in [5, 5.41) is 0. The van der Waals surface area contributed by atoms with Crippen LogP contribution in [-0.4, -0.2) is 23.3 Å². The quantitative estimate of drug-likeness (QED) is 0.820. The Morgan fingerprint density at radius 3 is 2.78 bits per heavy atom. The van der Waals surface area contributed by atoms with Crippen molar-refractivity contribution in [2.45, 2.75) is 38.5 Å². The molecule has 1 aromatic carbocycles. The molecule has 0 aromatic heterocycles. The normalized spacial score (nSPS) is 18.2. The average Bonchev–Trinajstić information content (AvgIpc) is 2.46. The number of imide groups is 1. The van der Waals surface area contributed by atoms with E-state index in [-0.39, 0.29) is 12.3 Å². The summed E-state index contributed by atoms with van der Waals surface area (Å²) in [5.41, 5.74) is 0.995. The summed E-state index contributed by atoms with van der Waals surface area (Å²) >= 11 is 0. The van der Waals surface area contributed by atoms with Gasteiger partial charge in [-0.05, 0) is 31.2 Å². The van der Waals surface area contributed by atoms with Crippen LogP contribution in [0.1, 0.15) is 40.4 Å². The van der Waals surface area contributed by atoms with E-state index in [0.717, 1.165) is 23.3 Å². The third-order valence-corrected chi connectivity index (χ3v) is 3.10. The van der Waals surface area contributed by atoms with Crippen LogP contribution in [0.25, 0.3) is 0 Å². The summed E-state index contributed by atoms with van der Waals surface area (Å²) < 4.78 is 15.9. The summed E-state index contributed by atoms with van der Waals surface area (Å²) in [6, 6.07) is 9.50. The van der Waals surface area contributed by atoms with Gasteiger partial charge in [0.1, 0.15) is 0 Å². The second kappa shape index (κ2) is 6.34. The number of carbonyl (C=O) groups excluding carboxylic acids is 2. The molecule has 0 aliphatic carbocycles. The van der Waals surface area contributed by atoms with Crippen LogP contribution >= 0.6 is 0 Å². The molecule has 0 saturated carbocycles. The maximum absolute atomic E-state index is 12.2. The molecule has 0 radical (unpaired) electrons. The first kappa shape index (κ1) is 10.3. The topological polar surface area (TPSA) is 37.4 Å². The Labute approximate surface area is 111 Å². The van der Waals surface area contributed by atoms with Crippen LogP contribution in [0.5, 0.6) is 0 Å². The lowest BCUT2D eigenvalue weighted by Gasteiger charge is -2.24. The minimum atomic E-state index is -1.98. The fourth-order valence-corrected chi connectivity index (χ4v) is 2.07. The van der Waals surface area contributed by atoms with Crippen LogP contribution in [-0.2, 0) is 16.0 Å². The molecule has 1 aromatic rings. The Bertz CT molecular complexity index is 488. The SMILES string of the molecule is [2H]C([2H])(CCc1ccccc1)C(=O)N1CCCCC1=O. The van der Waals surface area contributed by atoms with Crippen LogP contribution in [0.15, 0.2) is 30.3 Å². The van der Waals surface area contributed by atoms with Gasteiger partial charge in [-0.2, -0.15) is 0 Å². The van der Waals surface area contributed by atoms with Crippen molar-refractivity contribution in [3.63, 3.8) is 0 Å². The summed E-state index contributed by atoms with van der Waals surface area (Å²) in [5.74, 6) is -0.928. The lowest BCUT2D eigenvalue weighted by atomic mass is 10.1. The second-order valence-electron chi connectivity index (χ2n) is 4.47. The Kier molecular flexibility index (Phi) is 3.62. The summed E-state index contributed by atoms with van der Waals surface area (Å²) in [7, 11) is 0. The highest BCUT2D eigenvalue weighted by Crippen LogP contribution is 2.13. The molecule has 1 heterocycles. The van der Waals surface area contributed by atoms with E-state index in [2.05, 4.69) is 0 Å². The molecule has 1 aliphatic heterocycles. The molecule has 0 unspecified atom stereocenters. The van der Waals surface area contributed by atoms with Crippen LogP contribution < -0.4 is 0 Å². The monoisotopic (exact) mass is 247 g/mol. The smallest absolute Gasteiger partial charge is 0.229 e. The molecule has 0 atom stereocenters. The predicted molar refractivity (Wildman–Crippen MR) is 70.0 cm³/mol. The van der Waals surface area contributed by atoms with Crippen LogP contribution in [0.4, 0.5) is 0 Å². The number of rotatable bonds is 4. The van der Waals surface area contributed by atoms with E-state index in [9.17, 15) is 9.59 Å².